The molecule has 0 saturated carbocycles. The van der Waals surface area contributed by atoms with Crippen LogP contribution >= 0.6 is 11.6 Å². The summed E-state index contributed by atoms with van der Waals surface area (Å²) in [5.41, 5.74) is 0.956. The predicted molar refractivity (Wildman–Crippen MR) is 89.6 cm³/mol. The van der Waals surface area contributed by atoms with Crippen LogP contribution in [0.5, 0.6) is 0 Å². The second kappa shape index (κ2) is 6.91. The van der Waals surface area contributed by atoms with E-state index in [-0.39, 0.29) is 11.8 Å². The zero-order valence-electron chi connectivity index (χ0n) is 12.9. The minimum absolute atomic E-state index is 0.00146. The molecule has 23 heavy (non-hydrogen) atoms. The summed E-state index contributed by atoms with van der Waals surface area (Å²) in [6.07, 6.45) is 3.47. The molecule has 1 fully saturated rings. The largest absolute Gasteiger partial charge is 0.354 e. The molecule has 1 atom stereocenters. The van der Waals surface area contributed by atoms with E-state index in [0.717, 1.165) is 30.8 Å². The molecule has 1 saturated heterocycles. The van der Waals surface area contributed by atoms with Crippen LogP contribution in [0.25, 0.3) is 0 Å². The number of rotatable bonds is 3. The number of anilines is 2. The molecule has 0 aromatic carbocycles. The molecule has 120 valence electrons. The van der Waals surface area contributed by atoms with Crippen molar-refractivity contribution in [3.8, 4) is 0 Å². The van der Waals surface area contributed by atoms with Crippen molar-refractivity contribution < 1.29 is 4.79 Å². The Hall–Kier alpha value is -2.21. The zero-order valence-corrected chi connectivity index (χ0v) is 13.6. The summed E-state index contributed by atoms with van der Waals surface area (Å²) >= 11 is 5.77. The predicted octanol–water partition coefficient (Wildman–Crippen LogP) is 2.69. The number of aryl methyl sites for hydroxylation is 1. The van der Waals surface area contributed by atoms with E-state index in [1.54, 1.807) is 12.3 Å². The second-order valence-electron chi connectivity index (χ2n) is 5.66. The van der Waals surface area contributed by atoms with Crippen molar-refractivity contribution in [1.82, 2.24) is 15.2 Å². The van der Waals surface area contributed by atoms with E-state index in [1.165, 1.54) is 0 Å². The number of hydrogen-bond acceptors (Lipinski definition) is 5. The van der Waals surface area contributed by atoms with Crippen LogP contribution in [0, 0.1) is 12.8 Å². The number of aromatic nitrogens is 3. The van der Waals surface area contributed by atoms with Gasteiger partial charge in [-0.15, -0.1) is 10.2 Å². The summed E-state index contributed by atoms with van der Waals surface area (Å²) in [7, 11) is 0. The van der Waals surface area contributed by atoms with Crippen molar-refractivity contribution in [2.75, 3.05) is 23.3 Å². The number of carbonyl (C=O) groups excluding carboxylic acids is 1. The van der Waals surface area contributed by atoms with Crippen LogP contribution in [0.3, 0.4) is 0 Å². The van der Waals surface area contributed by atoms with Gasteiger partial charge in [0.15, 0.2) is 11.0 Å². The molecule has 3 rings (SSSR count). The van der Waals surface area contributed by atoms with Gasteiger partial charge in [-0.05, 0) is 43.5 Å². The van der Waals surface area contributed by atoms with Crippen LogP contribution in [0.4, 0.5) is 11.6 Å². The minimum atomic E-state index is -0.0948. The van der Waals surface area contributed by atoms with Crippen LogP contribution in [-0.2, 0) is 4.79 Å². The van der Waals surface area contributed by atoms with Gasteiger partial charge < -0.3 is 10.2 Å². The summed E-state index contributed by atoms with van der Waals surface area (Å²) < 4.78 is 0. The minimum Gasteiger partial charge on any atom is -0.354 e. The van der Waals surface area contributed by atoms with E-state index in [0.29, 0.717) is 17.5 Å². The van der Waals surface area contributed by atoms with Crippen LogP contribution < -0.4 is 10.2 Å². The molecule has 1 N–H and O–H groups in total. The van der Waals surface area contributed by atoms with Gasteiger partial charge in [0.2, 0.25) is 5.91 Å². The Kier molecular flexibility index (Phi) is 4.71. The molecule has 0 aliphatic carbocycles. The lowest BCUT2D eigenvalue weighted by Crippen LogP contribution is -2.41. The van der Waals surface area contributed by atoms with E-state index in [9.17, 15) is 4.79 Å². The Morgan fingerprint density at radius 3 is 2.96 bits per heavy atom. The molecule has 3 heterocycles. The third-order valence-electron chi connectivity index (χ3n) is 3.99. The fourth-order valence-electron chi connectivity index (χ4n) is 2.71. The fraction of sp³-hybridized carbons (Fsp3) is 0.375. The molecule has 0 bridgehead atoms. The van der Waals surface area contributed by atoms with Gasteiger partial charge >= 0.3 is 0 Å². The molecule has 6 nitrogen and oxygen atoms in total. The van der Waals surface area contributed by atoms with E-state index >= 15 is 0 Å². The molecule has 1 amide bonds. The number of hydrogen-bond donors (Lipinski definition) is 1. The standard InChI is InChI=1S/C16H18ClN5O/c1-11-4-2-8-18-15(11)19-16(23)12-5-3-9-22(10-12)14-7-6-13(17)20-21-14/h2,4,6-8,12H,3,5,9-10H2,1H3,(H,18,19,23)/t12-/m1/s1. The van der Waals surface area contributed by atoms with Crippen LogP contribution in [0.2, 0.25) is 5.15 Å². The average molecular weight is 332 g/mol. The third kappa shape index (κ3) is 3.76. The molecule has 0 radical (unpaired) electrons. The highest BCUT2D eigenvalue weighted by Crippen LogP contribution is 2.23. The molecule has 2 aromatic heterocycles. The van der Waals surface area contributed by atoms with Crippen LogP contribution in [0.1, 0.15) is 18.4 Å². The molecule has 1 aliphatic rings. The maximum absolute atomic E-state index is 12.5. The number of nitrogens with zero attached hydrogens (tertiary/aromatic N) is 4. The highest BCUT2D eigenvalue weighted by molar-refractivity contribution is 6.29. The van der Waals surface area contributed by atoms with Gasteiger partial charge in [0.25, 0.3) is 0 Å². The molecule has 2 aromatic rings. The van der Waals surface area contributed by atoms with Crippen LogP contribution in [-0.4, -0.2) is 34.2 Å². The quantitative estimate of drug-likeness (QED) is 0.936. The lowest BCUT2D eigenvalue weighted by molar-refractivity contribution is -0.120. The van der Waals surface area contributed by atoms with Crippen molar-refractivity contribution in [2.45, 2.75) is 19.8 Å². The van der Waals surface area contributed by atoms with Crippen molar-refractivity contribution in [1.29, 1.82) is 0 Å². The normalized spacial score (nSPS) is 17.8. The zero-order chi connectivity index (χ0) is 16.2. The summed E-state index contributed by atoms with van der Waals surface area (Å²) in [6.45, 7) is 3.41. The van der Waals surface area contributed by atoms with E-state index in [1.807, 2.05) is 25.1 Å². The number of carbonyl (C=O) groups is 1. The van der Waals surface area contributed by atoms with Gasteiger partial charge in [-0.2, -0.15) is 0 Å². The van der Waals surface area contributed by atoms with Crippen molar-refractivity contribution in [3.05, 3.63) is 41.2 Å². The van der Waals surface area contributed by atoms with Crippen molar-refractivity contribution in [3.63, 3.8) is 0 Å². The van der Waals surface area contributed by atoms with E-state index < -0.39 is 0 Å². The summed E-state index contributed by atoms with van der Waals surface area (Å²) in [4.78, 5) is 18.8. The summed E-state index contributed by atoms with van der Waals surface area (Å²) in [5, 5.41) is 11.3. The van der Waals surface area contributed by atoms with Gasteiger partial charge in [-0.3, -0.25) is 4.79 Å². The average Bonchev–Trinajstić information content (AvgIpc) is 2.58. The first-order chi connectivity index (χ1) is 11.1. The first kappa shape index (κ1) is 15.7. The molecular formula is C16H18ClN5O. The lowest BCUT2D eigenvalue weighted by Gasteiger charge is -2.32. The first-order valence-corrected chi connectivity index (χ1v) is 7.98. The van der Waals surface area contributed by atoms with Gasteiger partial charge in [0.05, 0.1) is 5.92 Å². The lowest BCUT2D eigenvalue weighted by atomic mass is 9.97. The van der Waals surface area contributed by atoms with E-state index in [2.05, 4.69) is 25.4 Å². The summed E-state index contributed by atoms with van der Waals surface area (Å²) in [5.74, 6) is 1.28. The molecule has 7 heteroatoms. The van der Waals surface area contributed by atoms with Gasteiger partial charge in [-0.25, -0.2) is 4.98 Å². The Morgan fingerprint density at radius 1 is 1.35 bits per heavy atom. The first-order valence-electron chi connectivity index (χ1n) is 7.60. The smallest absolute Gasteiger partial charge is 0.230 e. The number of amides is 1. The highest BCUT2D eigenvalue weighted by atomic mass is 35.5. The molecule has 1 aliphatic heterocycles. The highest BCUT2D eigenvalue weighted by Gasteiger charge is 2.27. The third-order valence-corrected chi connectivity index (χ3v) is 4.19. The molecule has 0 spiro atoms. The van der Waals surface area contributed by atoms with E-state index in [4.69, 9.17) is 11.6 Å². The van der Waals surface area contributed by atoms with Gasteiger partial charge in [-0.1, -0.05) is 17.7 Å². The second-order valence-corrected chi connectivity index (χ2v) is 6.04. The monoisotopic (exact) mass is 331 g/mol. The topological polar surface area (TPSA) is 71.0 Å². The number of nitrogens with one attached hydrogen (secondary N) is 1. The number of piperidine rings is 1. The number of pyridine rings is 1. The van der Waals surface area contributed by atoms with Crippen molar-refractivity contribution in [2.24, 2.45) is 5.92 Å². The van der Waals surface area contributed by atoms with Crippen LogP contribution in [0.15, 0.2) is 30.5 Å². The molecular weight excluding hydrogens is 314 g/mol. The fourth-order valence-corrected chi connectivity index (χ4v) is 2.81. The number of halogens is 1. The SMILES string of the molecule is Cc1cccnc1NC(=O)[C@@H]1CCCN(c2ccc(Cl)nn2)C1. The van der Waals surface area contributed by atoms with Crippen molar-refractivity contribution >= 4 is 29.1 Å². The van der Waals surface area contributed by atoms with Gasteiger partial charge in [0.1, 0.15) is 5.82 Å². The Balaban J connectivity index is 1.67. The summed E-state index contributed by atoms with van der Waals surface area (Å²) in [6, 6.07) is 7.33. The Labute approximate surface area is 139 Å². The molecule has 0 unspecified atom stereocenters. The Morgan fingerprint density at radius 2 is 2.22 bits per heavy atom. The maximum atomic E-state index is 12.5. The maximum Gasteiger partial charge on any atom is 0.230 e. The Bertz CT molecular complexity index is 691. The van der Waals surface area contributed by atoms with Gasteiger partial charge in [0, 0.05) is 19.3 Å².